The molecule has 5 heteroatoms. The molecule has 0 saturated heterocycles. The molecule has 0 radical (unpaired) electrons. The molecule has 0 aliphatic heterocycles. The maximum Gasteiger partial charge on any atom is 0.123 e. The minimum absolute atomic E-state index is 0.349. The van der Waals surface area contributed by atoms with E-state index in [-0.39, 0.29) is 0 Å². The molecule has 0 atom stereocenters. The van der Waals surface area contributed by atoms with Gasteiger partial charge in [-0.1, -0.05) is 0 Å². The lowest BCUT2D eigenvalue weighted by atomic mass is 10.5. The van der Waals surface area contributed by atoms with Crippen molar-refractivity contribution in [2.24, 2.45) is 0 Å². The molecule has 0 aromatic carbocycles. The van der Waals surface area contributed by atoms with E-state index in [0.717, 1.165) is 12.4 Å². The van der Waals surface area contributed by atoms with Crippen molar-refractivity contribution in [1.29, 1.82) is 5.26 Å². The van der Waals surface area contributed by atoms with E-state index in [2.05, 4.69) is 16.4 Å². The van der Waals surface area contributed by atoms with Gasteiger partial charge in [0.05, 0.1) is 19.2 Å². The third kappa shape index (κ3) is 3.17. The molecule has 0 unspecified atom stereocenters. The fraction of sp³-hybridized carbons (Fsp3) is 0.556. The van der Waals surface area contributed by atoms with Gasteiger partial charge in [-0.15, -0.1) is 0 Å². The topological polar surface area (TPSA) is 62.9 Å². The Morgan fingerprint density at radius 2 is 2.57 bits per heavy atom. The fourth-order valence-corrected chi connectivity index (χ4v) is 1.10. The van der Waals surface area contributed by atoms with E-state index >= 15 is 0 Å². The SMILES string of the molecule is COCCNCc1nccn1CC#N. The predicted octanol–water partition coefficient (Wildman–Crippen LogP) is 0.143. The number of rotatable bonds is 6. The molecule has 1 heterocycles. The Morgan fingerprint density at radius 1 is 1.71 bits per heavy atom. The summed E-state index contributed by atoms with van der Waals surface area (Å²) in [5.74, 6) is 0.877. The summed E-state index contributed by atoms with van der Waals surface area (Å²) >= 11 is 0. The second kappa shape index (κ2) is 6.13. The second-order valence-corrected chi connectivity index (χ2v) is 2.80. The van der Waals surface area contributed by atoms with E-state index in [9.17, 15) is 0 Å². The molecule has 1 rings (SSSR count). The van der Waals surface area contributed by atoms with Crippen LogP contribution in [0.4, 0.5) is 0 Å². The van der Waals surface area contributed by atoms with Gasteiger partial charge in [0, 0.05) is 26.0 Å². The van der Waals surface area contributed by atoms with E-state index in [1.807, 2.05) is 4.57 Å². The van der Waals surface area contributed by atoms with Crippen LogP contribution in [0, 0.1) is 11.3 Å². The number of hydrogen-bond acceptors (Lipinski definition) is 4. The number of hydrogen-bond donors (Lipinski definition) is 1. The van der Waals surface area contributed by atoms with Gasteiger partial charge in [0.1, 0.15) is 12.4 Å². The monoisotopic (exact) mass is 194 g/mol. The summed E-state index contributed by atoms with van der Waals surface area (Å²) in [6.45, 7) is 2.48. The van der Waals surface area contributed by atoms with Crippen LogP contribution in [0.25, 0.3) is 0 Å². The van der Waals surface area contributed by atoms with E-state index in [1.54, 1.807) is 19.5 Å². The molecule has 1 aromatic heterocycles. The number of methoxy groups -OCH3 is 1. The van der Waals surface area contributed by atoms with Gasteiger partial charge in [-0.2, -0.15) is 5.26 Å². The molecule has 14 heavy (non-hydrogen) atoms. The number of ether oxygens (including phenoxy) is 1. The normalized spacial score (nSPS) is 10.0. The zero-order valence-electron chi connectivity index (χ0n) is 8.23. The van der Waals surface area contributed by atoms with Crippen molar-refractivity contribution < 1.29 is 4.74 Å². The van der Waals surface area contributed by atoms with Gasteiger partial charge in [-0.05, 0) is 0 Å². The Hall–Kier alpha value is -1.38. The first-order chi connectivity index (χ1) is 6.88. The average molecular weight is 194 g/mol. The highest BCUT2D eigenvalue weighted by Crippen LogP contribution is 1.95. The van der Waals surface area contributed by atoms with E-state index < -0.39 is 0 Å². The number of imidazole rings is 1. The van der Waals surface area contributed by atoms with Gasteiger partial charge < -0.3 is 14.6 Å². The predicted molar refractivity (Wildman–Crippen MR) is 51.4 cm³/mol. The summed E-state index contributed by atoms with van der Waals surface area (Å²) < 4.78 is 6.72. The Balaban J connectivity index is 2.35. The summed E-state index contributed by atoms with van der Waals surface area (Å²) in [6, 6.07) is 2.08. The Bertz CT molecular complexity index is 302. The molecule has 0 bridgehead atoms. The first kappa shape index (κ1) is 10.7. The molecular formula is C9H14N4O. The van der Waals surface area contributed by atoms with Gasteiger partial charge in [0.2, 0.25) is 0 Å². The molecule has 1 N–H and O–H groups in total. The number of nitriles is 1. The lowest BCUT2D eigenvalue weighted by Crippen LogP contribution is -2.21. The van der Waals surface area contributed by atoms with Crippen LogP contribution in [-0.2, 0) is 17.8 Å². The molecule has 1 aromatic rings. The molecule has 5 nitrogen and oxygen atoms in total. The van der Waals surface area contributed by atoms with Crippen LogP contribution in [0.2, 0.25) is 0 Å². The average Bonchev–Trinajstić information content (AvgIpc) is 2.61. The Morgan fingerprint density at radius 3 is 3.29 bits per heavy atom. The van der Waals surface area contributed by atoms with Gasteiger partial charge in [-0.25, -0.2) is 4.98 Å². The van der Waals surface area contributed by atoms with E-state index in [1.165, 1.54) is 0 Å². The highest BCUT2D eigenvalue weighted by atomic mass is 16.5. The third-order valence-corrected chi connectivity index (χ3v) is 1.81. The van der Waals surface area contributed by atoms with Gasteiger partial charge in [0.15, 0.2) is 0 Å². The number of nitrogens with one attached hydrogen (secondary N) is 1. The van der Waals surface area contributed by atoms with Crippen LogP contribution in [-0.4, -0.2) is 29.8 Å². The zero-order chi connectivity index (χ0) is 10.2. The molecule has 0 aliphatic rings. The third-order valence-electron chi connectivity index (χ3n) is 1.81. The van der Waals surface area contributed by atoms with Crippen LogP contribution in [0.15, 0.2) is 12.4 Å². The lowest BCUT2D eigenvalue weighted by molar-refractivity contribution is 0.199. The van der Waals surface area contributed by atoms with Crippen molar-refractivity contribution >= 4 is 0 Å². The van der Waals surface area contributed by atoms with Crippen molar-refractivity contribution in [3.05, 3.63) is 18.2 Å². The number of nitrogens with zero attached hydrogens (tertiary/aromatic N) is 3. The summed E-state index contributed by atoms with van der Waals surface area (Å²) in [5, 5.41) is 11.7. The van der Waals surface area contributed by atoms with Crippen molar-refractivity contribution in [1.82, 2.24) is 14.9 Å². The maximum absolute atomic E-state index is 8.53. The molecule has 76 valence electrons. The number of aromatic nitrogens is 2. The van der Waals surface area contributed by atoms with E-state index in [0.29, 0.717) is 19.7 Å². The summed E-state index contributed by atoms with van der Waals surface area (Å²) in [7, 11) is 1.66. The largest absolute Gasteiger partial charge is 0.383 e. The minimum Gasteiger partial charge on any atom is -0.383 e. The molecular weight excluding hydrogens is 180 g/mol. The van der Waals surface area contributed by atoms with Gasteiger partial charge >= 0.3 is 0 Å². The standard InChI is InChI=1S/C9H14N4O/c1-14-7-4-11-8-9-12-3-6-13(9)5-2-10/h3,6,11H,4-5,7-8H2,1H3. The maximum atomic E-state index is 8.53. The Kier molecular flexibility index (Phi) is 4.69. The summed E-state index contributed by atoms with van der Waals surface area (Å²) in [6.07, 6.45) is 3.50. The van der Waals surface area contributed by atoms with Gasteiger partial charge in [0.25, 0.3) is 0 Å². The quantitative estimate of drug-likeness (QED) is 0.654. The molecule has 0 fully saturated rings. The smallest absolute Gasteiger partial charge is 0.123 e. The van der Waals surface area contributed by atoms with E-state index in [4.69, 9.17) is 10.00 Å². The van der Waals surface area contributed by atoms with Crippen LogP contribution >= 0.6 is 0 Å². The summed E-state index contributed by atoms with van der Waals surface area (Å²) in [4.78, 5) is 4.14. The summed E-state index contributed by atoms with van der Waals surface area (Å²) in [5.41, 5.74) is 0. The molecule has 0 amide bonds. The molecule has 0 aliphatic carbocycles. The Labute approximate surface area is 83.3 Å². The fourth-order valence-electron chi connectivity index (χ4n) is 1.10. The highest BCUT2D eigenvalue weighted by molar-refractivity contribution is 4.94. The van der Waals surface area contributed by atoms with Gasteiger partial charge in [-0.3, -0.25) is 0 Å². The van der Waals surface area contributed by atoms with Crippen LogP contribution in [0.5, 0.6) is 0 Å². The lowest BCUT2D eigenvalue weighted by Gasteiger charge is -2.04. The highest BCUT2D eigenvalue weighted by Gasteiger charge is 2.00. The van der Waals surface area contributed by atoms with Crippen LogP contribution < -0.4 is 5.32 Å². The van der Waals surface area contributed by atoms with Crippen molar-refractivity contribution in [3.8, 4) is 6.07 Å². The van der Waals surface area contributed by atoms with Crippen molar-refractivity contribution in [2.45, 2.75) is 13.1 Å². The first-order valence-corrected chi connectivity index (χ1v) is 4.45. The first-order valence-electron chi connectivity index (χ1n) is 4.45. The zero-order valence-corrected chi connectivity index (χ0v) is 8.23. The van der Waals surface area contributed by atoms with Crippen LogP contribution in [0.1, 0.15) is 5.82 Å². The minimum atomic E-state index is 0.349. The van der Waals surface area contributed by atoms with Crippen molar-refractivity contribution in [2.75, 3.05) is 20.3 Å². The van der Waals surface area contributed by atoms with Crippen LogP contribution in [0.3, 0.4) is 0 Å². The second-order valence-electron chi connectivity index (χ2n) is 2.80. The van der Waals surface area contributed by atoms with Crippen molar-refractivity contribution in [3.63, 3.8) is 0 Å². The molecule has 0 spiro atoms. The molecule has 0 saturated carbocycles.